The lowest BCUT2D eigenvalue weighted by Gasteiger charge is -2.15. The maximum Gasteiger partial charge on any atom is 0.246 e. The molecule has 0 aromatic heterocycles. The van der Waals surface area contributed by atoms with E-state index in [2.05, 4.69) is 26.6 Å². The van der Waals surface area contributed by atoms with Crippen LogP contribution in [0.15, 0.2) is 53.0 Å². The van der Waals surface area contributed by atoms with Crippen LogP contribution < -0.4 is 15.4 Å². The number of nitrogens with one attached hydrogen (secondary N) is 2. The molecule has 21 heavy (non-hydrogen) atoms. The van der Waals surface area contributed by atoms with Crippen LogP contribution in [0.5, 0.6) is 5.75 Å². The molecule has 0 fully saturated rings. The molecule has 5 heteroatoms. The van der Waals surface area contributed by atoms with Gasteiger partial charge in [-0.1, -0.05) is 15.9 Å². The minimum absolute atomic E-state index is 0.0897. The standard InChI is InChI=1S/C16H17BrN2O2/c1-11(18-13-7-9-15(21-2)10-8-13)16(20)19-14-5-3-12(17)4-6-14/h3-11,18H,1-2H3,(H,19,20)/t11-/m1/s1. The SMILES string of the molecule is COc1ccc(N[C@H](C)C(=O)Nc2ccc(Br)cc2)cc1. The zero-order valence-electron chi connectivity index (χ0n) is 11.9. The predicted molar refractivity (Wildman–Crippen MR) is 88.9 cm³/mol. The van der Waals surface area contributed by atoms with Gasteiger partial charge in [-0.2, -0.15) is 0 Å². The molecule has 0 aliphatic rings. The van der Waals surface area contributed by atoms with Crippen molar-refractivity contribution in [3.05, 3.63) is 53.0 Å². The molecule has 0 saturated heterocycles. The van der Waals surface area contributed by atoms with Crippen LogP contribution in [-0.4, -0.2) is 19.1 Å². The highest BCUT2D eigenvalue weighted by atomic mass is 79.9. The van der Waals surface area contributed by atoms with E-state index in [0.29, 0.717) is 0 Å². The normalized spacial score (nSPS) is 11.6. The van der Waals surface area contributed by atoms with Gasteiger partial charge in [-0.3, -0.25) is 4.79 Å². The van der Waals surface area contributed by atoms with Gasteiger partial charge in [0.2, 0.25) is 5.91 Å². The molecule has 2 N–H and O–H groups in total. The second-order valence-corrected chi connectivity index (χ2v) is 5.51. The monoisotopic (exact) mass is 348 g/mol. The Morgan fingerprint density at radius 2 is 1.62 bits per heavy atom. The number of anilines is 2. The molecule has 0 bridgehead atoms. The van der Waals surface area contributed by atoms with Crippen LogP contribution in [0, 0.1) is 0 Å². The van der Waals surface area contributed by atoms with Crippen molar-refractivity contribution < 1.29 is 9.53 Å². The Balaban J connectivity index is 1.93. The third-order valence-electron chi connectivity index (χ3n) is 2.98. The number of halogens is 1. The van der Waals surface area contributed by atoms with Gasteiger partial charge in [-0.05, 0) is 55.5 Å². The lowest BCUT2D eigenvalue weighted by molar-refractivity contribution is -0.116. The van der Waals surface area contributed by atoms with E-state index in [1.807, 2.05) is 55.5 Å². The van der Waals surface area contributed by atoms with Crippen LogP contribution in [0.3, 0.4) is 0 Å². The molecule has 0 spiro atoms. The molecular weight excluding hydrogens is 332 g/mol. The Hall–Kier alpha value is -2.01. The predicted octanol–water partition coefficient (Wildman–Crippen LogP) is 3.90. The molecule has 2 aromatic carbocycles. The van der Waals surface area contributed by atoms with E-state index in [1.54, 1.807) is 7.11 Å². The summed E-state index contributed by atoms with van der Waals surface area (Å²) in [6, 6.07) is 14.6. The number of carbonyl (C=O) groups excluding carboxylic acids is 1. The molecule has 110 valence electrons. The van der Waals surface area contributed by atoms with Gasteiger partial charge >= 0.3 is 0 Å². The third kappa shape index (κ3) is 4.49. The van der Waals surface area contributed by atoms with Crippen molar-refractivity contribution in [3.63, 3.8) is 0 Å². The topological polar surface area (TPSA) is 50.4 Å². The van der Waals surface area contributed by atoms with E-state index < -0.39 is 0 Å². The first kappa shape index (κ1) is 15.4. The summed E-state index contributed by atoms with van der Waals surface area (Å²) in [7, 11) is 1.62. The Morgan fingerprint density at radius 1 is 1.05 bits per heavy atom. The minimum Gasteiger partial charge on any atom is -0.497 e. The summed E-state index contributed by atoms with van der Waals surface area (Å²) in [5.41, 5.74) is 1.64. The molecule has 0 heterocycles. The minimum atomic E-state index is -0.345. The van der Waals surface area contributed by atoms with E-state index in [9.17, 15) is 4.79 Å². The largest absolute Gasteiger partial charge is 0.497 e. The third-order valence-corrected chi connectivity index (χ3v) is 3.51. The quantitative estimate of drug-likeness (QED) is 0.861. The van der Waals surface area contributed by atoms with E-state index in [0.717, 1.165) is 21.6 Å². The summed E-state index contributed by atoms with van der Waals surface area (Å²) in [6.45, 7) is 1.82. The lowest BCUT2D eigenvalue weighted by Crippen LogP contribution is -2.31. The highest BCUT2D eigenvalue weighted by Crippen LogP contribution is 2.17. The van der Waals surface area contributed by atoms with Crippen molar-refractivity contribution in [2.24, 2.45) is 0 Å². The van der Waals surface area contributed by atoms with Gasteiger partial charge in [-0.15, -0.1) is 0 Å². The van der Waals surface area contributed by atoms with Crippen LogP contribution in [0.25, 0.3) is 0 Å². The van der Waals surface area contributed by atoms with Crippen molar-refractivity contribution >= 4 is 33.2 Å². The number of methoxy groups -OCH3 is 1. The number of benzene rings is 2. The van der Waals surface area contributed by atoms with E-state index in [-0.39, 0.29) is 11.9 Å². The molecular formula is C16H17BrN2O2. The summed E-state index contributed by atoms with van der Waals surface area (Å²) >= 11 is 3.36. The van der Waals surface area contributed by atoms with Crippen LogP contribution in [-0.2, 0) is 4.79 Å². The average molecular weight is 349 g/mol. The molecule has 2 rings (SSSR count). The van der Waals surface area contributed by atoms with E-state index in [4.69, 9.17) is 4.74 Å². The van der Waals surface area contributed by atoms with Crippen molar-refractivity contribution in [2.45, 2.75) is 13.0 Å². The fraction of sp³-hybridized carbons (Fsp3) is 0.188. The number of hydrogen-bond donors (Lipinski definition) is 2. The number of amides is 1. The number of hydrogen-bond acceptors (Lipinski definition) is 3. The first-order valence-corrected chi connectivity index (χ1v) is 7.35. The molecule has 0 aliphatic heterocycles. The first-order chi connectivity index (χ1) is 10.1. The number of rotatable bonds is 5. The van der Waals surface area contributed by atoms with E-state index >= 15 is 0 Å². The molecule has 0 unspecified atom stereocenters. The van der Waals surface area contributed by atoms with Crippen molar-refractivity contribution in [1.29, 1.82) is 0 Å². The summed E-state index contributed by atoms with van der Waals surface area (Å²) in [6.07, 6.45) is 0. The summed E-state index contributed by atoms with van der Waals surface area (Å²) in [5.74, 6) is 0.695. The molecule has 1 atom stereocenters. The van der Waals surface area contributed by atoms with Gasteiger partial charge < -0.3 is 15.4 Å². The van der Waals surface area contributed by atoms with Crippen LogP contribution in [0.2, 0.25) is 0 Å². The Labute approximate surface area is 132 Å². The highest BCUT2D eigenvalue weighted by Gasteiger charge is 2.12. The smallest absolute Gasteiger partial charge is 0.246 e. The Bertz CT molecular complexity index is 597. The van der Waals surface area contributed by atoms with Gasteiger partial charge in [0.05, 0.1) is 7.11 Å². The molecule has 0 radical (unpaired) electrons. The fourth-order valence-corrected chi connectivity index (χ4v) is 2.05. The number of ether oxygens (including phenoxy) is 1. The Kier molecular flexibility index (Phi) is 5.22. The second-order valence-electron chi connectivity index (χ2n) is 4.59. The fourth-order valence-electron chi connectivity index (χ4n) is 1.79. The van der Waals surface area contributed by atoms with Crippen molar-refractivity contribution in [2.75, 3.05) is 17.7 Å². The maximum atomic E-state index is 12.1. The maximum absolute atomic E-state index is 12.1. The van der Waals surface area contributed by atoms with Gasteiger partial charge in [0.25, 0.3) is 0 Å². The van der Waals surface area contributed by atoms with Gasteiger partial charge in [0.15, 0.2) is 0 Å². The molecule has 4 nitrogen and oxygen atoms in total. The van der Waals surface area contributed by atoms with Gasteiger partial charge in [0.1, 0.15) is 11.8 Å². The van der Waals surface area contributed by atoms with Crippen LogP contribution in [0.4, 0.5) is 11.4 Å². The van der Waals surface area contributed by atoms with Crippen LogP contribution >= 0.6 is 15.9 Å². The molecule has 0 aliphatic carbocycles. The average Bonchev–Trinajstić information content (AvgIpc) is 2.50. The second kappa shape index (κ2) is 7.13. The lowest BCUT2D eigenvalue weighted by atomic mass is 10.2. The van der Waals surface area contributed by atoms with Crippen molar-refractivity contribution in [1.82, 2.24) is 0 Å². The van der Waals surface area contributed by atoms with E-state index in [1.165, 1.54) is 0 Å². The van der Waals surface area contributed by atoms with Gasteiger partial charge in [-0.25, -0.2) is 0 Å². The molecule has 1 amide bonds. The zero-order chi connectivity index (χ0) is 15.2. The summed E-state index contributed by atoms with van der Waals surface area (Å²) in [5, 5.41) is 6.01. The first-order valence-electron chi connectivity index (χ1n) is 6.55. The Morgan fingerprint density at radius 3 is 2.19 bits per heavy atom. The summed E-state index contributed by atoms with van der Waals surface area (Å²) < 4.78 is 6.08. The zero-order valence-corrected chi connectivity index (χ0v) is 13.5. The van der Waals surface area contributed by atoms with Crippen molar-refractivity contribution in [3.8, 4) is 5.75 Å². The molecule has 2 aromatic rings. The molecule has 0 saturated carbocycles. The summed E-state index contributed by atoms with van der Waals surface area (Å²) in [4.78, 5) is 12.1. The van der Waals surface area contributed by atoms with Crippen LogP contribution in [0.1, 0.15) is 6.92 Å². The number of carbonyl (C=O) groups is 1. The highest BCUT2D eigenvalue weighted by molar-refractivity contribution is 9.10. The van der Waals surface area contributed by atoms with Gasteiger partial charge in [0, 0.05) is 15.8 Å².